The van der Waals surface area contributed by atoms with Crippen molar-refractivity contribution in [3.63, 3.8) is 0 Å². The van der Waals surface area contributed by atoms with Crippen molar-refractivity contribution in [2.75, 3.05) is 31.6 Å². The van der Waals surface area contributed by atoms with Crippen molar-refractivity contribution >= 4 is 33.7 Å². The Morgan fingerprint density at radius 3 is 2.06 bits per heavy atom. The van der Waals surface area contributed by atoms with Crippen LogP contribution in [0.5, 0.6) is 0 Å². The van der Waals surface area contributed by atoms with E-state index < -0.39 is 22.2 Å². The van der Waals surface area contributed by atoms with Gasteiger partial charge in [0, 0.05) is 82.0 Å². The summed E-state index contributed by atoms with van der Waals surface area (Å²) in [6.07, 6.45) is 6.31. The fraction of sp³-hybridized carbons (Fsp3) is 0.514. The van der Waals surface area contributed by atoms with Crippen LogP contribution in [0.15, 0.2) is 60.9 Å². The fourth-order valence-corrected chi connectivity index (χ4v) is 8.46. The lowest BCUT2D eigenvalue weighted by Gasteiger charge is -2.37. The summed E-state index contributed by atoms with van der Waals surface area (Å²) in [5, 5.41) is 14.8. The van der Waals surface area contributed by atoms with E-state index in [2.05, 4.69) is 68.4 Å². The van der Waals surface area contributed by atoms with E-state index in [0.29, 0.717) is 26.7 Å². The fourth-order valence-electron chi connectivity index (χ4n) is 6.94. The standard InChI is InChI=1S/C37H52N6O4Si2/c1-48(2,3)18-16-46-25-41(26-47-17-19-49(4,5)6)35-22-34(29-20-30-13-14-31(21-29)42(30)37(44)45)40-36-32(24-39-43(35)36)28-12-15-33(38-23-28)27-10-8-7-9-11-27/h7-12,15,22-24,29-31H,13-14,16-21,25-26H2,1-6H3,(H,44,45). The zero-order valence-electron chi connectivity index (χ0n) is 29.9. The summed E-state index contributed by atoms with van der Waals surface area (Å²) in [6, 6.07) is 18.6. The highest BCUT2D eigenvalue weighted by Gasteiger charge is 2.44. The van der Waals surface area contributed by atoms with E-state index in [-0.39, 0.29) is 18.0 Å². The van der Waals surface area contributed by atoms with E-state index in [1.165, 1.54) is 0 Å². The lowest BCUT2D eigenvalue weighted by Crippen LogP contribution is -2.45. The molecular weight excluding hydrogens is 649 g/mol. The Labute approximate surface area is 292 Å². The largest absolute Gasteiger partial charge is 0.465 e. The number of carbonyl (C=O) groups is 1. The van der Waals surface area contributed by atoms with E-state index in [1.807, 2.05) is 41.2 Å². The molecule has 6 rings (SSSR count). The molecule has 2 atom stereocenters. The summed E-state index contributed by atoms with van der Waals surface area (Å²) in [5.74, 6) is 1.01. The minimum Gasteiger partial charge on any atom is -0.465 e. The maximum atomic E-state index is 12.1. The zero-order chi connectivity index (χ0) is 34.8. The molecule has 2 aliphatic heterocycles. The number of pyridine rings is 1. The molecular formula is C37H52N6O4Si2. The van der Waals surface area contributed by atoms with Crippen molar-refractivity contribution < 1.29 is 19.4 Å². The van der Waals surface area contributed by atoms with Crippen LogP contribution in [0, 0.1) is 0 Å². The van der Waals surface area contributed by atoms with Gasteiger partial charge in [-0.15, -0.1) is 0 Å². The molecule has 0 radical (unpaired) electrons. The second-order valence-corrected chi connectivity index (χ2v) is 27.4. The number of carboxylic acid groups (broad SMARTS) is 1. The summed E-state index contributed by atoms with van der Waals surface area (Å²) < 4.78 is 14.6. The monoisotopic (exact) mass is 700 g/mol. The number of fused-ring (bicyclic) bond motifs is 3. The lowest BCUT2D eigenvalue weighted by atomic mass is 9.88. The third-order valence-electron chi connectivity index (χ3n) is 9.80. The number of amides is 1. The third kappa shape index (κ3) is 8.60. The van der Waals surface area contributed by atoms with Gasteiger partial charge in [-0.05, 0) is 43.8 Å². The number of nitrogens with zero attached hydrogens (tertiary/aromatic N) is 6. The molecule has 2 unspecified atom stereocenters. The average Bonchev–Trinajstić information content (AvgIpc) is 3.61. The van der Waals surface area contributed by atoms with Crippen molar-refractivity contribution in [1.29, 1.82) is 0 Å². The lowest BCUT2D eigenvalue weighted by molar-refractivity contribution is 0.0934. The number of benzene rings is 1. The second kappa shape index (κ2) is 14.7. The summed E-state index contributed by atoms with van der Waals surface area (Å²) >= 11 is 0. The summed E-state index contributed by atoms with van der Waals surface area (Å²) in [5.41, 5.74) is 5.54. The molecule has 0 aliphatic carbocycles. The summed E-state index contributed by atoms with van der Waals surface area (Å²) in [6.45, 7) is 16.3. The Kier molecular flexibility index (Phi) is 10.6. The van der Waals surface area contributed by atoms with Gasteiger partial charge in [0.05, 0.1) is 11.9 Å². The molecule has 5 heterocycles. The van der Waals surface area contributed by atoms with Crippen molar-refractivity contribution in [3.8, 4) is 22.4 Å². The molecule has 3 aromatic heterocycles. The minimum absolute atomic E-state index is 0.0211. The van der Waals surface area contributed by atoms with Gasteiger partial charge in [0.1, 0.15) is 19.3 Å². The first-order valence-corrected chi connectivity index (χ1v) is 25.1. The van der Waals surface area contributed by atoms with Gasteiger partial charge >= 0.3 is 6.09 Å². The zero-order valence-corrected chi connectivity index (χ0v) is 31.9. The Hall–Kier alpha value is -3.59. The molecule has 2 aliphatic rings. The van der Waals surface area contributed by atoms with E-state index in [0.717, 1.165) is 77.3 Å². The van der Waals surface area contributed by atoms with E-state index in [1.54, 1.807) is 4.90 Å². The smallest absolute Gasteiger partial charge is 0.407 e. The van der Waals surface area contributed by atoms with Crippen molar-refractivity contribution in [1.82, 2.24) is 24.5 Å². The second-order valence-electron chi connectivity index (χ2n) is 16.1. The molecule has 4 aromatic rings. The molecule has 2 fully saturated rings. The molecule has 2 bridgehead atoms. The minimum atomic E-state index is -1.27. The van der Waals surface area contributed by atoms with Gasteiger partial charge in [-0.2, -0.15) is 9.61 Å². The Morgan fingerprint density at radius 2 is 1.51 bits per heavy atom. The van der Waals surface area contributed by atoms with Crippen LogP contribution in [0.2, 0.25) is 51.4 Å². The third-order valence-corrected chi connectivity index (χ3v) is 13.2. The maximum absolute atomic E-state index is 12.1. The quantitative estimate of drug-likeness (QED) is 0.0796. The number of aromatic nitrogens is 4. The Balaban J connectivity index is 1.37. The van der Waals surface area contributed by atoms with Gasteiger partial charge in [0.25, 0.3) is 0 Å². The van der Waals surface area contributed by atoms with Crippen LogP contribution < -0.4 is 4.90 Å². The first kappa shape index (κ1) is 35.2. The number of hydrogen-bond acceptors (Lipinski definition) is 7. The first-order valence-electron chi connectivity index (χ1n) is 17.7. The first-order chi connectivity index (χ1) is 23.4. The summed E-state index contributed by atoms with van der Waals surface area (Å²) in [4.78, 5) is 26.0. The molecule has 262 valence electrons. The van der Waals surface area contributed by atoms with Crippen molar-refractivity contribution in [3.05, 3.63) is 66.6 Å². The molecule has 1 amide bonds. The van der Waals surface area contributed by atoms with E-state index >= 15 is 0 Å². The molecule has 10 nitrogen and oxygen atoms in total. The number of hydrogen-bond donors (Lipinski definition) is 1. The maximum Gasteiger partial charge on any atom is 0.407 e. The average molecular weight is 701 g/mol. The molecule has 0 saturated carbocycles. The molecule has 49 heavy (non-hydrogen) atoms. The number of rotatable bonds is 14. The van der Waals surface area contributed by atoms with Crippen LogP contribution >= 0.6 is 0 Å². The molecule has 0 spiro atoms. The number of anilines is 1. The number of ether oxygens (including phenoxy) is 2. The summed E-state index contributed by atoms with van der Waals surface area (Å²) in [7, 11) is -2.53. The van der Waals surface area contributed by atoms with Gasteiger partial charge in [0.2, 0.25) is 0 Å². The molecule has 12 heteroatoms. The van der Waals surface area contributed by atoms with Crippen LogP contribution in [0.4, 0.5) is 10.6 Å². The van der Waals surface area contributed by atoms with Crippen LogP contribution in [0.25, 0.3) is 28.0 Å². The highest BCUT2D eigenvalue weighted by atomic mass is 28.3. The normalized spacial score (nSPS) is 19.5. The molecule has 1 N–H and O–H groups in total. The predicted octanol–water partition coefficient (Wildman–Crippen LogP) is 8.28. The number of piperidine rings is 1. The predicted molar refractivity (Wildman–Crippen MR) is 201 cm³/mol. The Bertz CT molecular complexity index is 1690. The van der Waals surface area contributed by atoms with Crippen LogP contribution in [0.1, 0.15) is 37.3 Å². The van der Waals surface area contributed by atoms with Crippen molar-refractivity contribution in [2.24, 2.45) is 0 Å². The van der Waals surface area contributed by atoms with Crippen LogP contribution in [-0.2, 0) is 9.47 Å². The highest BCUT2D eigenvalue weighted by molar-refractivity contribution is 6.76. The Morgan fingerprint density at radius 1 is 0.878 bits per heavy atom. The van der Waals surface area contributed by atoms with E-state index in [4.69, 9.17) is 24.5 Å². The van der Waals surface area contributed by atoms with Gasteiger partial charge in [0.15, 0.2) is 5.65 Å². The van der Waals surface area contributed by atoms with Gasteiger partial charge < -0.3 is 24.4 Å². The molecule has 1 aromatic carbocycles. The van der Waals surface area contributed by atoms with Gasteiger partial charge in [-0.1, -0.05) is 75.7 Å². The van der Waals surface area contributed by atoms with Crippen molar-refractivity contribution in [2.45, 2.75) is 95.1 Å². The van der Waals surface area contributed by atoms with Crippen LogP contribution in [-0.4, -0.2) is 90.6 Å². The topological polar surface area (TPSA) is 105 Å². The van der Waals surface area contributed by atoms with Gasteiger partial charge in [-0.25, -0.2) is 9.78 Å². The molecule has 2 saturated heterocycles. The SMILES string of the molecule is C[Si](C)(C)CCOCN(COCC[Si](C)(C)C)c1cc(C2CC3CCC(C2)N3C(=O)O)nc2c(-c3ccc(-c4ccccc4)nc3)cnn12. The van der Waals surface area contributed by atoms with E-state index in [9.17, 15) is 9.90 Å². The van der Waals surface area contributed by atoms with Gasteiger partial charge in [-0.3, -0.25) is 4.98 Å². The highest BCUT2D eigenvalue weighted by Crippen LogP contribution is 2.43. The van der Waals surface area contributed by atoms with Crippen LogP contribution in [0.3, 0.4) is 0 Å².